The zero-order chi connectivity index (χ0) is 14.5. The molecule has 7 nitrogen and oxygen atoms in total. The molecule has 0 spiro atoms. The number of esters is 1. The molecular weight excluding hydrogens is 272 g/mol. The summed E-state index contributed by atoms with van der Waals surface area (Å²) in [4.78, 5) is 22.8. The lowest BCUT2D eigenvalue weighted by Gasteiger charge is -2.05. The molecule has 0 saturated heterocycles. The number of sulfonamides is 1. The first-order chi connectivity index (χ1) is 8.83. The van der Waals surface area contributed by atoms with Crippen LogP contribution in [0.2, 0.25) is 0 Å². The smallest absolute Gasteiger partial charge is 0.337 e. The zero-order valence-electron chi connectivity index (χ0n) is 10.3. The van der Waals surface area contributed by atoms with Gasteiger partial charge in [-0.25, -0.2) is 18.4 Å². The minimum Gasteiger partial charge on any atom is -0.465 e. The van der Waals surface area contributed by atoms with E-state index in [1.54, 1.807) is 0 Å². The van der Waals surface area contributed by atoms with Crippen LogP contribution in [0.4, 0.5) is 0 Å². The van der Waals surface area contributed by atoms with Crippen molar-refractivity contribution in [3.8, 4) is 0 Å². The van der Waals surface area contributed by atoms with Crippen molar-refractivity contribution < 1.29 is 22.7 Å². The first kappa shape index (κ1) is 15.1. The summed E-state index contributed by atoms with van der Waals surface area (Å²) in [7, 11) is -2.34. The van der Waals surface area contributed by atoms with Crippen molar-refractivity contribution in [2.45, 2.75) is 0 Å². The molecule has 0 radical (unpaired) electrons. The van der Waals surface area contributed by atoms with Gasteiger partial charge in [0.15, 0.2) is 0 Å². The normalized spacial score (nSPS) is 10.8. The molecule has 1 aromatic carbocycles. The highest BCUT2D eigenvalue weighted by Gasteiger charge is 2.09. The predicted octanol–water partition coefficient (Wildman–Crippen LogP) is -0.508. The van der Waals surface area contributed by atoms with E-state index in [1.165, 1.54) is 31.4 Å². The number of amides is 1. The Kier molecular flexibility index (Phi) is 5.02. The Labute approximate surface area is 110 Å². The molecule has 3 N–H and O–H groups in total. The highest BCUT2D eigenvalue weighted by molar-refractivity contribution is 7.89. The maximum Gasteiger partial charge on any atom is 0.337 e. The number of benzene rings is 1. The van der Waals surface area contributed by atoms with Crippen molar-refractivity contribution in [2.75, 3.05) is 19.4 Å². The standard InChI is InChI=1S/C11H14N2O5S/c1-18-11(15)9-4-2-8(3-5-9)10(14)13-6-7-19(12,16)17/h2-5H,6-7H2,1H3,(H,13,14)(H2,12,16,17). The van der Waals surface area contributed by atoms with Crippen molar-refractivity contribution in [3.05, 3.63) is 35.4 Å². The highest BCUT2D eigenvalue weighted by Crippen LogP contribution is 2.05. The van der Waals surface area contributed by atoms with Gasteiger partial charge >= 0.3 is 5.97 Å². The second kappa shape index (κ2) is 6.30. The van der Waals surface area contributed by atoms with Crippen molar-refractivity contribution in [2.24, 2.45) is 5.14 Å². The van der Waals surface area contributed by atoms with Crippen LogP contribution >= 0.6 is 0 Å². The van der Waals surface area contributed by atoms with E-state index in [-0.39, 0.29) is 12.3 Å². The zero-order valence-corrected chi connectivity index (χ0v) is 11.1. The van der Waals surface area contributed by atoms with Crippen molar-refractivity contribution in [1.29, 1.82) is 0 Å². The number of primary sulfonamides is 1. The second-order valence-electron chi connectivity index (χ2n) is 3.69. The number of carbonyl (C=O) groups excluding carboxylic acids is 2. The molecule has 0 fully saturated rings. The average Bonchev–Trinajstić information content (AvgIpc) is 2.36. The number of rotatable bonds is 5. The monoisotopic (exact) mass is 286 g/mol. The van der Waals surface area contributed by atoms with Crippen LogP contribution in [-0.4, -0.2) is 39.7 Å². The minimum absolute atomic E-state index is 0.0730. The van der Waals surface area contributed by atoms with Gasteiger partial charge in [0.05, 0.1) is 18.4 Å². The van der Waals surface area contributed by atoms with Crippen LogP contribution in [0.25, 0.3) is 0 Å². The number of carbonyl (C=O) groups is 2. The summed E-state index contributed by atoms with van der Waals surface area (Å²) in [5, 5.41) is 7.20. The molecule has 1 rings (SSSR count). The molecule has 0 atom stereocenters. The minimum atomic E-state index is -3.60. The number of nitrogens with two attached hydrogens (primary N) is 1. The Morgan fingerprint density at radius 3 is 2.21 bits per heavy atom. The lowest BCUT2D eigenvalue weighted by atomic mass is 10.1. The first-order valence-electron chi connectivity index (χ1n) is 5.30. The fourth-order valence-electron chi connectivity index (χ4n) is 1.28. The summed E-state index contributed by atoms with van der Waals surface area (Å²) in [5.41, 5.74) is 0.630. The molecule has 0 aliphatic carbocycles. The molecule has 0 saturated carbocycles. The molecule has 0 unspecified atom stereocenters. The quantitative estimate of drug-likeness (QED) is 0.707. The van der Waals surface area contributed by atoms with E-state index < -0.39 is 21.9 Å². The number of hydrogen-bond donors (Lipinski definition) is 2. The molecular formula is C11H14N2O5S. The van der Waals surface area contributed by atoms with E-state index in [0.717, 1.165) is 0 Å². The van der Waals surface area contributed by atoms with Gasteiger partial charge in [-0.3, -0.25) is 4.79 Å². The van der Waals surface area contributed by atoms with Crippen LogP contribution in [0, 0.1) is 0 Å². The molecule has 0 heterocycles. The van der Waals surface area contributed by atoms with Gasteiger partial charge in [-0.1, -0.05) is 0 Å². The largest absolute Gasteiger partial charge is 0.465 e. The van der Waals surface area contributed by atoms with Gasteiger partial charge in [0.1, 0.15) is 0 Å². The van der Waals surface area contributed by atoms with Crippen LogP contribution in [0.3, 0.4) is 0 Å². The molecule has 0 bridgehead atoms. The summed E-state index contributed by atoms with van der Waals surface area (Å²) in [5.74, 6) is -1.28. The summed E-state index contributed by atoms with van der Waals surface area (Å²) >= 11 is 0. The van der Waals surface area contributed by atoms with E-state index in [0.29, 0.717) is 11.1 Å². The Hall–Kier alpha value is -1.93. The van der Waals surface area contributed by atoms with Gasteiger partial charge in [-0.15, -0.1) is 0 Å². The van der Waals surface area contributed by atoms with Crippen LogP contribution in [0.15, 0.2) is 24.3 Å². The molecule has 0 aromatic heterocycles. The van der Waals surface area contributed by atoms with Crippen LogP contribution in [0.1, 0.15) is 20.7 Å². The Morgan fingerprint density at radius 2 is 1.74 bits per heavy atom. The second-order valence-corrected chi connectivity index (χ2v) is 5.43. The van der Waals surface area contributed by atoms with Gasteiger partial charge in [0.2, 0.25) is 10.0 Å². The highest BCUT2D eigenvalue weighted by atomic mass is 32.2. The summed E-state index contributed by atoms with van der Waals surface area (Å²) in [6.45, 7) is -0.0730. The Morgan fingerprint density at radius 1 is 1.21 bits per heavy atom. The summed E-state index contributed by atoms with van der Waals surface area (Å²) < 4.78 is 25.9. The first-order valence-corrected chi connectivity index (χ1v) is 7.02. The molecule has 0 aliphatic rings. The van der Waals surface area contributed by atoms with Crippen LogP contribution in [0.5, 0.6) is 0 Å². The Balaban J connectivity index is 2.61. The van der Waals surface area contributed by atoms with Crippen LogP contribution < -0.4 is 10.5 Å². The van der Waals surface area contributed by atoms with E-state index in [4.69, 9.17) is 5.14 Å². The van der Waals surface area contributed by atoms with Gasteiger partial charge in [-0.05, 0) is 24.3 Å². The fourth-order valence-corrected chi connectivity index (χ4v) is 1.67. The molecule has 8 heteroatoms. The third-order valence-corrected chi connectivity index (χ3v) is 3.01. The molecule has 0 aliphatic heterocycles. The maximum atomic E-state index is 11.6. The molecule has 104 valence electrons. The van der Waals surface area contributed by atoms with Gasteiger partial charge in [0.25, 0.3) is 5.91 Å². The van der Waals surface area contributed by atoms with Gasteiger partial charge in [-0.2, -0.15) is 0 Å². The van der Waals surface area contributed by atoms with Crippen molar-refractivity contribution >= 4 is 21.9 Å². The topological polar surface area (TPSA) is 116 Å². The number of methoxy groups -OCH3 is 1. The SMILES string of the molecule is COC(=O)c1ccc(C(=O)NCCS(N)(=O)=O)cc1. The van der Waals surface area contributed by atoms with Crippen LogP contribution in [-0.2, 0) is 14.8 Å². The van der Waals surface area contributed by atoms with Crippen molar-refractivity contribution in [1.82, 2.24) is 5.32 Å². The number of hydrogen-bond acceptors (Lipinski definition) is 5. The molecule has 1 amide bonds. The third kappa shape index (κ3) is 5.06. The van der Waals surface area contributed by atoms with Gasteiger partial charge in [0, 0.05) is 12.1 Å². The van der Waals surface area contributed by atoms with E-state index in [1.807, 2.05) is 0 Å². The molecule has 19 heavy (non-hydrogen) atoms. The predicted molar refractivity (Wildman–Crippen MR) is 68.1 cm³/mol. The number of ether oxygens (including phenoxy) is 1. The fraction of sp³-hybridized carbons (Fsp3) is 0.273. The average molecular weight is 286 g/mol. The molecule has 1 aromatic rings. The maximum absolute atomic E-state index is 11.6. The van der Waals surface area contributed by atoms with E-state index >= 15 is 0 Å². The summed E-state index contributed by atoms with van der Waals surface area (Å²) in [6.07, 6.45) is 0. The van der Waals surface area contributed by atoms with Gasteiger partial charge < -0.3 is 10.1 Å². The van der Waals surface area contributed by atoms with E-state index in [9.17, 15) is 18.0 Å². The number of nitrogens with one attached hydrogen (secondary N) is 1. The van der Waals surface area contributed by atoms with E-state index in [2.05, 4.69) is 10.1 Å². The third-order valence-electron chi connectivity index (χ3n) is 2.24. The summed E-state index contributed by atoms with van der Waals surface area (Å²) in [6, 6.07) is 5.78. The Bertz CT molecular complexity index is 565. The van der Waals surface area contributed by atoms with Crippen molar-refractivity contribution in [3.63, 3.8) is 0 Å². The lowest BCUT2D eigenvalue weighted by Crippen LogP contribution is -2.31. The lowest BCUT2D eigenvalue weighted by molar-refractivity contribution is 0.0600.